The second-order valence-electron chi connectivity index (χ2n) is 4.76. The lowest BCUT2D eigenvalue weighted by Gasteiger charge is -2.10. The number of hydrogen-bond donors (Lipinski definition) is 2. The molecule has 0 radical (unpaired) electrons. The number of H-pyrrole nitrogens is 1. The standard InChI is InChI=1S/C16H14N4O2/c21-15-8-7-14(18-19-15)12-5-1-2-6-13(12)17-16(22)11-20-9-3-4-10-20/h1-10H,11H2,(H,17,22)(H,19,21). The molecule has 0 fully saturated rings. The number of aromatic nitrogens is 3. The predicted molar refractivity (Wildman–Crippen MR) is 83.4 cm³/mol. The Morgan fingerprint density at radius 1 is 1.09 bits per heavy atom. The van der Waals surface area contributed by atoms with E-state index < -0.39 is 0 Å². The van der Waals surface area contributed by atoms with Crippen LogP contribution >= 0.6 is 0 Å². The summed E-state index contributed by atoms with van der Waals surface area (Å²) in [5.74, 6) is -0.131. The number of carbonyl (C=O) groups is 1. The lowest BCUT2D eigenvalue weighted by molar-refractivity contribution is -0.116. The smallest absolute Gasteiger partial charge is 0.264 e. The number of rotatable bonds is 4. The van der Waals surface area contributed by atoms with Crippen molar-refractivity contribution in [3.8, 4) is 11.3 Å². The van der Waals surface area contributed by atoms with Gasteiger partial charge in [-0.1, -0.05) is 18.2 Å². The van der Waals surface area contributed by atoms with Crippen molar-refractivity contribution in [1.82, 2.24) is 14.8 Å². The number of nitrogens with one attached hydrogen (secondary N) is 2. The first-order valence-electron chi connectivity index (χ1n) is 6.78. The zero-order valence-corrected chi connectivity index (χ0v) is 11.7. The number of para-hydroxylation sites is 1. The third kappa shape index (κ3) is 3.12. The minimum Gasteiger partial charge on any atom is -0.345 e. The van der Waals surface area contributed by atoms with Gasteiger partial charge in [-0.3, -0.25) is 9.59 Å². The van der Waals surface area contributed by atoms with Crippen LogP contribution in [0, 0.1) is 0 Å². The molecule has 0 atom stereocenters. The number of amides is 1. The van der Waals surface area contributed by atoms with Gasteiger partial charge in [0.2, 0.25) is 5.91 Å². The summed E-state index contributed by atoms with van der Waals surface area (Å²) in [4.78, 5) is 23.2. The van der Waals surface area contributed by atoms with E-state index in [9.17, 15) is 9.59 Å². The molecular formula is C16H14N4O2. The third-order valence-corrected chi connectivity index (χ3v) is 3.15. The average molecular weight is 294 g/mol. The Hall–Kier alpha value is -3.15. The van der Waals surface area contributed by atoms with E-state index in [0.29, 0.717) is 11.4 Å². The zero-order valence-electron chi connectivity index (χ0n) is 11.7. The normalized spacial score (nSPS) is 10.4. The molecule has 0 saturated carbocycles. The van der Waals surface area contributed by atoms with Crippen molar-refractivity contribution in [1.29, 1.82) is 0 Å². The number of aromatic amines is 1. The number of carbonyl (C=O) groups excluding carboxylic acids is 1. The van der Waals surface area contributed by atoms with E-state index in [4.69, 9.17) is 0 Å². The van der Waals surface area contributed by atoms with E-state index in [0.717, 1.165) is 5.56 Å². The molecule has 1 amide bonds. The number of benzene rings is 1. The van der Waals surface area contributed by atoms with Crippen LogP contribution in [0.5, 0.6) is 0 Å². The molecule has 0 aliphatic heterocycles. The summed E-state index contributed by atoms with van der Waals surface area (Å²) in [6.45, 7) is 0.236. The molecule has 0 aliphatic carbocycles. The summed E-state index contributed by atoms with van der Waals surface area (Å²) in [5, 5.41) is 9.26. The summed E-state index contributed by atoms with van der Waals surface area (Å²) in [5.41, 5.74) is 1.73. The Kier molecular flexibility index (Phi) is 3.82. The quantitative estimate of drug-likeness (QED) is 0.771. The Labute approximate surface area is 126 Å². The van der Waals surface area contributed by atoms with Gasteiger partial charge < -0.3 is 9.88 Å². The summed E-state index contributed by atoms with van der Waals surface area (Å²) >= 11 is 0. The Balaban J connectivity index is 1.83. The van der Waals surface area contributed by atoms with Crippen molar-refractivity contribution >= 4 is 11.6 Å². The topological polar surface area (TPSA) is 79.8 Å². The van der Waals surface area contributed by atoms with Crippen LogP contribution in [0.4, 0.5) is 5.69 Å². The van der Waals surface area contributed by atoms with Crippen LogP contribution in [-0.4, -0.2) is 20.7 Å². The zero-order chi connectivity index (χ0) is 15.4. The van der Waals surface area contributed by atoms with Crippen LogP contribution in [-0.2, 0) is 11.3 Å². The fourth-order valence-electron chi connectivity index (χ4n) is 2.14. The van der Waals surface area contributed by atoms with Crippen LogP contribution < -0.4 is 10.9 Å². The molecule has 110 valence electrons. The third-order valence-electron chi connectivity index (χ3n) is 3.15. The van der Waals surface area contributed by atoms with Crippen molar-refractivity contribution in [3.05, 3.63) is 71.3 Å². The van der Waals surface area contributed by atoms with Gasteiger partial charge in [-0.05, 0) is 24.3 Å². The van der Waals surface area contributed by atoms with E-state index >= 15 is 0 Å². The average Bonchev–Trinajstić information content (AvgIpc) is 3.01. The summed E-state index contributed by atoms with van der Waals surface area (Å²) in [6, 6.07) is 14.1. The lowest BCUT2D eigenvalue weighted by Crippen LogP contribution is -2.18. The fraction of sp³-hybridized carbons (Fsp3) is 0.0625. The van der Waals surface area contributed by atoms with Crippen molar-refractivity contribution in [2.24, 2.45) is 0 Å². The van der Waals surface area contributed by atoms with Crippen LogP contribution in [0.15, 0.2) is 65.7 Å². The summed E-state index contributed by atoms with van der Waals surface area (Å²) in [7, 11) is 0. The van der Waals surface area contributed by atoms with Crippen LogP contribution in [0.2, 0.25) is 0 Å². The van der Waals surface area contributed by atoms with Gasteiger partial charge in [-0.15, -0.1) is 0 Å². The summed E-state index contributed by atoms with van der Waals surface area (Å²) in [6.07, 6.45) is 3.66. The molecule has 6 heteroatoms. The molecule has 0 bridgehead atoms. The molecule has 3 rings (SSSR count). The number of nitrogens with zero attached hydrogens (tertiary/aromatic N) is 2. The molecule has 0 saturated heterocycles. The van der Waals surface area contributed by atoms with Crippen molar-refractivity contribution < 1.29 is 4.79 Å². The van der Waals surface area contributed by atoms with Crippen molar-refractivity contribution in [2.45, 2.75) is 6.54 Å². The highest BCUT2D eigenvalue weighted by Gasteiger charge is 2.09. The molecule has 2 heterocycles. The maximum Gasteiger partial charge on any atom is 0.264 e. The molecule has 22 heavy (non-hydrogen) atoms. The minimum absolute atomic E-state index is 0.131. The molecule has 2 N–H and O–H groups in total. The highest BCUT2D eigenvalue weighted by atomic mass is 16.2. The molecule has 6 nitrogen and oxygen atoms in total. The molecule has 0 aliphatic rings. The van der Waals surface area contributed by atoms with Gasteiger partial charge in [0, 0.05) is 24.0 Å². The summed E-state index contributed by atoms with van der Waals surface area (Å²) < 4.78 is 1.79. The highest BCUT2D eigenvalue weighted by molar-refractivity contribution is 5.94. The predicted octanol–water partition coefficient (Wildman–Crippen LogP) is 1.88. The van der Waals surface area contributed by atoms with Crippen molar-refractivity contribution in [2.75, 3.05) is 5.32 Å². The van der Waals surface area contributed by atoms with Gasteiger partial charge in [0.05, 0.1) is 11.4 Å². The van der Waals surface area contributed by atoms with Crippen LogP contribution in [0.3, 0.4) is 0 Å². The minimum atomic E-state index is -0.266. The monoisotopic (exact) mass is 294 g/mol. The number of hydrogen-bond acceptors (Lipinski definition) is 3. The van der Waals surface area contributed by atoms with E-state index in [1.54, 1.807) is 16.7 Å². The fourth-order valence-corrected chi connectivity index (χ4v) is 2.14. The second kappa shape index (κ2) is 6.09. The molecule has 2 aromatic heterocycles. The highest BCUT2D eigenvalue weighted by Crippen LogP contribution is 2.25. The first-order chi connectivity index (χ1) is 10.7. The van der Waals surface area contributed by atoms with E-state index in [1.807, 2.05) is 42.7 Å². The van der Waals surface area contributed by atoms with Gasteiger partial charge in [-0.25, -0.2) is 5.10 Å². The largest absolute Gasteiger partial charge is 0.345 e. The van der Waals surface area contributed by atoms with Crippen LogP contribution in [0.1, 0.15) is 0 Å². The van der Waals surface area contributed by atoms with E-state index in [-0.39, 0.29) is 18.0 Å². The number of anilines is 1. The first kappa shape index (κ1) is 13.8. The molecule has 0 spiro atoms. The van der Waals surface area contributed by atoms with E-state index in [1.165, 1.54) is 6.07 Å². The van der Waals surface area contributed by atoms with Gasteiger partial charge in [-0.2, -0.15) is 5.10 Å². The van der Waals surface area contributed by atoms with Crippen LogP contribution in [0.25, 0.3) is 11.3 Å². The first-order valence-corrected chi connectivity index (χ1v) is 6.78. The van der Waals surface area contributed by atoms with Gasteiger partial charge in [0.1, 0.15) is 6.54 Å². The second-order valence-corrected chi connectivity index (χ2v) is 4.76. The van der Waals surface area contributed by atoms with Crippen molar-refractivity contribution in [3.63, 3.8) is 0 Å². The van der Waals surface area contributed by atoms with Gasteiger partial charge >= 0.3 is 0 Å². The Bertz CT molecular complexity index is 817. The Morgan fingerprint density at radius 3 is 2.59 bits per heavy atom. The lowest BCUT2D eigenvalue weighted by atomic mass is 10.1. The molecule has 3 aromatic rings. The van der Waals surface area contributed by atoms with Gasteiger partial charge in [0.15, 0.2) is 0 Å². The molecule has 1 aromatic carbocycles. The molecule has 0 unspecified atom stereocenters. The molecular weight excluding hydrogens is 280 g/mol. The Morgan fingerprint density at radius 2 is 1.86 bits per heavy atom. The maximum absolute atomic E-state index is 12.1. The van der Waals surface area contributed by atoms with E-state index in [2.05, 4.69) is 15.5 Å². The maximum atomic E-state index is 12.1. The SMILES string of the molecule is O=C(Cn1cccc1)Nc1ccccc1-c1ccc(=O)[nH]n1. The van der Waals surface area contributed by atoms with Gasteiger partial charge in [0.25, 0.3) is 5.56 Å².